The number of phosphoric ester groups is 1. The lowest BCUT2D eigenvalue weighted by atomic mass is 10.1. The maximum absolute atomic E-state index is 12.5. The van der Waals surface area contributed by atoms with Crippen LogP contribution >= 0.6 is 7.82 Å². The highest BCUT2D eigenvalue weighted by atomic mass is 31.2. The Labute approximate surface area is 296 Å². The summed E-state index contributed by atoms with van der Waals surface area (Å²) in [5, 5.41) is 0. The Morgan fingerprint density at radius 2 is 1.08 bits per heavy atom. The van der Waals surface area contributed by atoms with Crippen molar-refractivity contribution in [3.8, 4) is 0 Å². The van der Waals surface area contributed by atoms with Gasteiger partial charge in [-0.15, -0.1) is 0 Å². The van der Waals surface area contributed by atoms with E-state index in [2.05, 4.69) is 50.3 Å². The number of rotatable bonds is 31. The molecular formula is C39H62NO8P. The zero-order valence-electron chi connectivity index (χ0n) is 29.9. The Hall–Kier alpha value is -3.07. The van der Waals surface area contributed by atoms with E-state index in [9.17, 15) is 19.0 Å². The average molecular weight is 704 g/mol. The van der Waals surface area contributed by atoms with E-state index in [1.807, 2.05) is 60.8 Å². The van der Waals surface area contributed by atoms with Gasteiger partial charge in [0.1, 0.15) is 6.61 Å². The standard InChI is InChI=1S/C39H62NO8P/c1-3-5-7-9-11-13-15-17-18-20-21-23-25-27-29-31-38(41)45-35-37(36-47-49(43,44)46-34-33-40)48-39(42)32-30-28-26-24-22-19-16-14-12-10-8-6-4-2/h5-16,19,22,24,26,37H,3-4,17-18,20-21,23,25,27-36,40H2,1-2H3,(H,43,44)/b7-5+,8-6+,11-9+,12-10+,15-13+,16-14+,22-19+,26-24+. The fourth-order valence-electron chi connectivity index (χ4n) is 4.07. The van der Waals surface area contributed by atoms with Crippen LogP contribution in [0.1, 0.15) is 104 Å². The molecule has 0 aromatic rings. The molecule has 49 heavy (non-hydrogen) atoms. The van der Waals surface area contributed by atoms with Crippen molar-refractivity contribution >= 4 is 19.8 Å². The van der Waals surface area contributed by atoms with Gasteiger partial charge in [0, 0.05) is 19.4 Å². The van der Waals surface area contributed by atoms with Crippen molar-refractivity contribution in [3.63, 3.8) is 0 Å². The van der Waals surface area contributed by atoms with Gasteiger partial charge < -0.3 is 20.1 Å². The van der Waals surface area contributed by atoms with Crippen LogP contribution in [0.3, 0.4) is 0 Å². The number of nitrogens with two attached hydrogens (primary N) is 1. The minimum Gasteiger partial charge on any atom is -0.462 e. The first-order valence-electron chi connectivity index (χ1n) is 17.8. The molecule has 0 aromatic heterocycles. The van der Waals surface area contributed by atoms with Crippen molar-refractivity contribution in [2.45, 2.75) is 110 Å². The highest BCUT2D eigenvalue weighted by Gasteiger charge is 2.25. The second-order valence-corrected chi connectivity index (χ2v) is 12.6. The van der Waals surface area contributed by atoms with Crippen molar-refractivity contribution in [2.75, 3.05) is 26.4 Å². The van der Waals surface area contributed by atoms with Gasteiger partial charge in [0.15, 0.2) is 6.10 Å². The third kappa shape index (κ3) is 34.6. The summed E-state index contributed by atoms with van der Waals surface area (Å²) in [5.41, 5.74) is 5.32. The van der Waals surface area contributed by atoms with Crippen molar-refractivity contribution < 1.29 is 37.6 Å². The predicted molar refractivity (Wildman–Crippen MR) is 201 cm³/mol. The van der Waals surface area contributed by atoms with Crippen molar-refractivity contribution in [3.05, 3.63) is 97.2 Å². The van der Waals surface area contributed by atoms with E-state index in [-0.39, 0.29) is 32.6 Å². The predicted octanol–water partition coefficient (Wildman–Crippen LogP) is 9.48. The maximum Gasteiger partial charge on any atom is 0.472 e. The van der Waals surface area contributed by atoms with Gasteiger partial charge in [0.05, 0.1) is 13.2 Å². The molecule has 3 N–H and O–H groups in total. The van der Waals surface area contributed by atoms with Crippen LogP contribution in [0.4, 0.5) is 0 Å². The second kappa shape index (κ2) is 34.8. The molecule has 0 saturated heterocycles. The summed E-state index contributed by atoms with van der Waals surface area (Å²) < 4.78 is 32.5. The van der Waals surface area contributed by atoms with Crippen LogP contribution in [0, 0.1) is 0 Å². The summed E-state index contributed by atoms with van der Waals surface area (Å²) in [4.78, 5) is 34.6. The summed E-state index contributed by atoms with van der Waals surface area (Å²) in [7, 11) is -4.40. The van der Waals surface area contributed by atoms with Crippen LogP contribution in [0.5, 0.6) is 0 Å². The Morgan fingerprint density at radius 1 is 0.612 bits per heavy atom. The number of carbonyl (C=O) groups is 2. The molecule has 0 aromatic carbocycles. The van der Waals surface area contributed by atoms with Gasteiger partial charge in [-0.3, -0.25) is 18.6 Å². The van der Waals surface area contributed by atoms with Crippen LogP contribution in [0.2, 0.25) is 0 Å². The van der Waals surface area contributed by atoms with Gasteiger partial charge in [0.2, 0.25) is 0 Å². The number of hydrogen-bond acceptors (Lipinski definition) is 8. The molecule has 276 valence electrons. The number of phosphoric acid groups is 1. The van der Waals surface area contributed by atoms with Gasteiger partial charge in [-0.25, -0.2) is 4.57 Å². The van der Waals surface area contributed by atoms with Crippen LogP contribution in [-0.4, -0.2) is 49.3 Å². The number of allylic oxidation sites excluding steroid dienone is 16. The van der Waals surface area contributed by atoms with E-state index in [1.54, 1.807) is 0 Å². The summed E-state index contributed by atoms with van der Waals surface area (Å²) >= 11 is 0. The summed E-state index contributed by atoms with van der Waals surface area (Å²) in [5.74, 6) is -0.945. The molecule has 0 aliphatic heterocycles. The number of hydrogen-bond donors (Lipinski definition) is 2. The first kappa shape index (κ1) is 45.9. The fraction of sp³-hybridized carbons (Fsp3) is 0.538. The molecule has 10 heteroatoms. The molecule has 0 saturated carbocycles. The third-order valence-electron chi connectivity index (χ3n) is 6.65. The highest BCUT2D eigenvalue weighted by molar-refractivity contribution is 7.47. The molecule has 9 nitrogen and oxygen atoms in total. The molecule has 0 heterocycles. The zero-order valence-corrected chi connectivity index (χ0v) is 30.8. The lowest BCUT2D eigenvalue weighted by molar-refractivity contribution is -0.161. The Morgan fingerprint density at radius 3 is 1.63 bits per heavy atom. The molecule has 0 fully saturated rings. The van der Waals surface area contributed by atoms with Gasteiger partial charge in [0.25, 0.3) is 0 Å². The first-order chi connectivity index (χ1) is 23.8. The normalized spacial score (nSPS) is 14.6. The summed E-state index contributed by atoms with van der Waals surface area (Å²) in [6.07, 6.45) is 43.1. The lowest BCUT2D eigenvalue weighted by Gasteiger charge is -2.19. The molecule has 2 atom stereocenters. The number of carbonyl (C=O) groups excluding carboxylic acids is 2. The number of esters is 2. The molecule has 0 radical (unpaired) electrons. The van der Waals surface area contributed by atoms with Crippen molar-refractivity contribution in [1.82, 2.24) is 0 Å². The van der Waals surface area contributed by atoms with Crippen LogP contribution < -0.4 is 5.73 Å². The van der Waals surface area contributed by atoms with Crippen LogP contribution in [-0.2, 0) is 32.7 Å². The molecule has 0 aliphatic carbocycles. The largest absolute Gasteiger partial charge is 0.472 e. The minimum absolute atomic E-state index is 0.0341. The second-order valence-electron chi connectivity index (χ2n) is 11.2. The van der Waals surface area contributed by atoms with Gasteiger partial charge in [-0.2, -0.15) is 0 Å². The fourth-order valence-corrected chi connectivity index (χ4v) is 4.84. The molecule has 0 rings (SSSR count). The Bertz CT molecular complexity index is 1120. The van der Waals surface area contributed by atoms with Gasteiger partial charge in [-0.05, 0) is 44.9 Å². The van der Waals surface area contributed by atoms with Crippen LogP contribution in [0.15, 0.2) is 97.2 Å². The highest BCUT2D eigenvalue weighted by Crippen LogP contribution is 2.43. The van der Waals surface area contributed by atoms with E-state index in [4.69, 9.17) is 24.3 Å². The van der Waals surface area contributed by atoms with E-state index >= 15 is 0 Å². The van der Waals surface area contributed by atoms with Gasteiger partial charge in [-0.1, -0.05) is 143 Å². The molecular weight excluding hydrogens is 641 g/mol. The van der Waals surface area contributed by atoms with E-state index in [1.165, 1.54) is 19.3 Å². The minimum atomic E-state index is -4.40. The number of ether oxygens (including phenoxy) is 2. The maximum atomic E-state index is 12.5. The Balaban J connectivity index is 4.41. The number of unbranched alkanes of at least 4 members (excludes halogenated alkanes) is 8. The molecule has 0 bridgehead atoms. The lowest BCUT2D eigenvalue weighted by Crippen LogP contribution is -2.29. The van der Waals surface area contributed by atoms with E-state index in [0.717, 1.165) is 38.5 Å². The molecule has 0 amide bonds. The average Bonchev–Trinajstić information content (AvgIpc) is 3.08. The van der Waals surface area contributed by atoms with Crippen molar-refractivity contribution in [2.24, 2.45) is 5.73 Å². The van der Waals surface area contributed by atoms with E-state index < -0.39 is 32.5 Å². The SMILES string of the molecule is CC/C=C/C=C/C=C/C=C/C=C/CCCC(=O)OC(COC(=O)CCCCCCCCC/C=C/C=C/C=C/CC)COP(=O)(O)OCCN. The summed E-state index contributed by atoms with van der Waals surface area (Å²) in [6.45, 7) is 3.30. The topological polar surface area (TPSA) is 134 Å². The van der Waals surface area contributed by atoms with E-state index in [0.29, 0.717) is 19.3 Å². The van der Waals surface area contributed by atoms with Crippen molar-refractivity contribution in [1.29, 1.82) is 0 Å². The zero-order chi connectivity index (χ0) is 36.1. The third-order valence-corrected chi connectivity index (χ3v) is 7.64. The Kier molecular flexibility index (Phi) is 32.6. The van der Waals surface area contributed by atoms with Crippen LogP contribution in [0.25, 0.3) is 0 Å². The molecule has 0 spiro atoms. The first-order valence-corrected chi connectivity index (χ1v) is 19.3. The summed E-state index contributed by atoms with van der Waals surface area (Å²) in [6, 6.07) is 0. The van der Waals surface area contributed by atoms with Gasteiger partial charge >= 0.3 is 19.8 Å². The quantitative estimate of drug-likeness (QED) is 0.0313. The molecule has 0 aliphatic rings. The smallest absolute Gasteiger partial charge is 0.462 e. The molecule has 2 unspecified atom stereocenters. The monoisotopic (exact) mass is 703 g/mol.